The lowest BCUT2D eigenvalue weighted by Gasteiger charge is -2.24. The summed E-state index contributed by atoms with van der Waals surface area (Å²) < 4.78 is 10.7. The number of H-pyrrole nitrogens is 1. The van der Waals surface area contributed by atoms with E-state index in [0.717, 1.165) is 0 Å². The number of amides is 2. The first kappa shape index (κ1) is 21.9. The fourth-order valence-corrected chi connectivity index (χ4v) is 3.54. The van der Waals surface area contributed by atoms with Crippen molar-refractivity contribution in [1.29, 1.82) is 0 Å². The van der Waals surface area contributed by atoms with Crippen LogP contribution in [0, 0.1) is 0 Å². The number of para-hydroxylation sites is 2. The van der Waals surface area contributed by atoms with Crippen molar-refractivity contribution in [3.8, 4) is 11.5 Å². The smallest absolute Gasteiger partial charge is 0.258 e. The van der Waals surface area contributed by atoms with E-state index >= 15 is 0 Å². The van der Waals surface area contributed by atoms with Gasteiger partial charge in [0.2, 0.25) is 17.8 Å². The molecule has 0 fully saturated rings. The van der Waals surface area contributed by atoms with Gasteiger partial charge in [0, 0.05) is 12.1 Å². The molecule has 10 heteroatoms. The van der Waals surface area contributed by atoms with Crippen molar-refractivity contribution in [2.24, 2.45) is 0 Å². The number of aromatic nitrogens is 2. The van der Waals surface area contributed by atoms with Gasteiger partial charge in [0.15, 0.2) is 0 Å². The van der Waals surface area contributed by atoms with Gasteiger partial charge in [-0.15, -0.1) is 0 Å². The standard InChI is InChI=1S/C23H23N5O5/c1-3-33-17-7-5-4-6-16(17)25-21(30)15-12-18(29)26-20-19(15)22(31)28-23(27-20)24-13-8-10-14(32-2)11-9-13/h4-11,15H,3,12H2,1-2H3,(H,25,30)(H3,24,26,27,28,29,31). The molecule has 0 saturated carbocycles. The summed E-state index contributed by atoms with van der Waals surface area (Å²) >= 11 is 0. The van der Waals surface area contributed by atoms with Crippen molar-refractivity contribution in [3.05, 3.63) is 64.4 Å². The Kier molecular flexibility index (Phi) is 6.25. The summed E-state index contributed by atoms with van der Waals surface area (Å²) in [5, 5.41) is 8.33. The normalized spacial score (nSPS) is 14.6. The van der Waals surface area contributed by atoms with Crippen LogP contribution in [0.1, 0.15) is 24.8 Å². The van der Waals surface area contributed by atoms with E-state index in [9.17, 15) is 14.4 Å². The Labute approximate surface area is 189 Å². The van der Waals surface area contributed by atoms with Crippen LogP contribution in [0.3, 0.4) is 0 Å². The van der Waals surface area contributed by atoms with Gasteiger partial charge in [0.1, 0.15) is 17.3 Å². The van der Waals surface area contributed by atoms with Crippen molar-refractivity contribution in [2.45, 2.75) is 19.3 Å². The summed E-state index contributed by atoms with van der Waals surface area (Å²) in [4.78, 5) is 45.2. The summed E-state index contributed by atoms with van der Waals surface area (Å²) in [6.45, 7) is 2.26. The summed E-state index contributed by atoms with van der Waals surface area (Å²) in [6, 6.07) is 14.0. The molecule has 2 aromatic carbocycles. The van der Waals surface area contributed by atoms with Gasteiger partial charge in [-0.2, -0.15) is 4.98 Å². The Morgan fingerprint density at radius 3 is 2.64 bits per heavy atom. The maximum Gasteiger partial charge on any atom is 0.258 e. The molecule has 1 atom stereocenters. The van der Waals surface area contributed by atoms with Crippen LogP contribution in [-0.4, -0.2) is 35.5 Å². The zero-order valence-electron chi connectivity index (χ0n) is 18.1. The minimum Gasteiger partial charge on any atom is -0.497 e. The highest BCUT2D eigenvalue weighted by Crippen LogP contribution is 2.32. The molecule has 2 amide bonds. The van der Waals surface area contributed by atoms with Gasteiger partial charge in [0.25, 0.3) is 5.56 Å². The lowest BCUT2D eigenvalue weighted by Crippen LogP contribution is -2.36. The highest BCUT2D eigenvalue weighted by molar-refractivity contribution is 6.05. The minimum atomic E-state index is -1.00. The first-order valence-corrected chi connectivity index (χ1v) is 10.4. The van der Waals surface area contributed by atoms with E-state index in [1.54, 1.807) is 55.6 Å². The Morgan fingerprint density at radius 1 is 1.15 bits per heavy atom. The highest BCUT2D eigenvalue weighted by atomic mass is 16.5. The van der Waals surface area contributed by atoms with Crippen LogP contribution in [0.15, 0.2) is 53.3 Å². The van der Waals surface area contributed by atoms with Crippen LogP contribution in [0.2, 0.25) is 0 Å². The molecule has 4 rings (SSSR count). The van der Waals surface area contributed by atoms with Gasteiger partial charge >= 0.3 is 0 Å². The van der Waals surface area contributed by atoms with Crippen molar-refractivity contribution in [3.63, 3.8) is 0 Å². The molecule has 4 N–H and O–H groups in total. The van der Waals surface area contributed by atoms with Gasteiger partial charge in [0.05, 0.1) is 30.9 Å². The van der Waals surface area contributed by atoms with E-state index in [1.807, 2.05) is 6.92 Å². The molecule has 0 radical (unpaired) electrons. The second kappa shape index (κ2) is 9.43. The number of nitrogens with one attached hydrogen (secondary N) is 4. The monoisotopic (exact) mass is 449 g/mol. The number of aromatic amines is 1. The second-order valence-electron chi connectivity index (χ2n) is 7.25. The minimum absolute atomic E-state index is 0.0456. The van der Waals surface area contributed by atoms with E-state index in [4.69, 9.17) is 9.47 Å². The van der Waals surface area contributed by atoms with E-state index in [1.165, 1.54) is 0 Å². The third kappa shape index (κ3) is 4.79. The number of carbonyl (C=O) groups is 2. The predicted octanol–water partition coefficient (Wildman–Crippen LogP) is 2.99. The molecular formula is C23H23N5O5. The lowest BCUT2D eigenvalue weighted by atomic mass is 9.92. The fourth-order valence-electron chi connectivity index (χ4n) is 3.54. The van der Waals surface area contributed by atoms with Crippen LogP contribution >= 0.6 is 0 Å². The molecule has 33 heavy (non-hydrogen) atoms. The molecular weight excluding hydrogens is 426 g/mol. The molecule has 1 aliphatic rings. The number of methoxy groups -OCH3 is 1. The molecule has 0 saturated heterocycles. The number of carbonyl (C=O) groups excluding carboxylic acids is 2. The van der Waals surface area contributed by atoms with Crippen molar-refractivity contribution in [1.82, 2.24) is 9.97 Å². The zero-order chi connectivity index (χ0) is 23.4. The van der Waals surface area contributed by atoms with Gasteiger partial charge in [-0.1, -0.05) is 12.1 Å². The van der Waals surface area contributed by atoms with Crippen LogP contribution < -0.4 is 31.0 Å². The average Bonchev–Trinajstić information content (AvgIpc) is 2.80. The van der Waals surface area contributed by atoms with Gasteiger partial charge in [-0.3, -0.25) is 19.4 Å². The molecule has 0 spiro atoms. The molecule has 1 unspecified atom stereocenters. The Morgan fingerprint density at radius 2 is 1.91 bits per heavy atom. The largest absolute Gasteiger partial charge is 0.497 e. The molecule has 1 aliphatic heterocycles. The molecule has 170 valence electrons. The molecule has 0 aliphatic carbocycles. The van der Waals surface area contributed by atoms with Crippen LogP contribution in [0.5, 0.6) is 11.5 Å². The molecule has 10 nitrogen and oxygen atoms in total. The number of hydrogen-bond acceptors (Lipinski definition) is 7. The first-order chi connectivity index (χ1) is 16.0. The lowest BCUT2D eigenvalue weighted by molar-refractivity contribution is -0.123. The average molecular weight is 449 g/mol. The second-order valence-corrected chi connectivity index (χ2v) is 7.25. The number of anilines is 4. The van der Waals surface area contributed by atoms with Crippen molar-refractivity contribution in [2.75, 3.05) is 29.7 Å². The topological polar surface area (TPSA) is 134 Å². The van der Waals surface area contributed by atoms with Gasteiger partial charge in [-0.05, 0) is 43.3 Å². The first-order valence-electron chi connectivity index (χ1n) is 10.4. The van der Waals surface area contributed by atoms with Crippen LogP contribution in [0.25, 0.3) is 0 Å². The summed E-state index contributed by atoms with van der Waals surface area (Å²) in [6.07, 6.45) is -0.175. The number of ether oxygens (including phenoxy) is 2. The van der Waals surface area contributed by atoms with E-state index in [2.05, 4.69) is 25.9 Å². The van der Waals surface area contributed by atoms with E-state index in [-0.39, 0.29) is 23.8 Å². The number of fused-ring (bicyclic) bond motifs is 1. The van der Waals surface area contributed by atoms with Gasteiger partial charge < -0.3 is 25.4 Å². The Hall–Kier alpha value is -4.34. The number of benzene rings is 2. The van der Waals surface area contributed by atoms with Crippen LogP contribution in [-0.2, 0) is 9.59 Å². The summed E-state index contributed by atoms with van der Waals surface area (Å²) in [5.41, 5.74) is 0.692. The van der Waals surface area contributed by atoms with Crippen molar-refractivity contribution >= 4 is 35.0 Å². The Bertz CT molecular complexity index is 1240. The third-order valence-corrected chi connectivity index (χ3v) is 5.07. The van der Waals surface area contributed by atoms with Crippen molar-refractivity contribution < 1.29 is 19.1 Å². The SMILES string of the molecule is CCOc1ccccc1NC(=O)C1CC(=O)Nc2nc(Nc3ccc(OC)cc3)[nH]c(=O)c21. The number of hydrogen-bond donors (Lipinski definition) is 4. The summed E-state index contributed by atoms with van der Waals surface area (Å²) in [5.74, 6) is -0.555. The third-order valence-electron chi connectivity index (χ3n) is 5.07. The van der Waals surface area contributed by atoms with Crippen LogP contribution in [0.4, 0.5) is 23.1 Å². The number of rotatable bonds is 7. The highest BCUT2D eigenvalue weighted by Gasteiger charge is 2.35. The molecule has 3 aromatic rings. The van der Waals surface area contributed by atoms with E-state index < -0.39 is 23.3 Å². The molecule has 2 heterocycles. The molecule has 1 aromatic heterocycles. The maximum atomic E-state index is 13.1. The zero-order valence-corrected chi connectivity index (χ0v) is 18.1. The quantitative estimate of drug-likeness (QED) is 0.436. The maximum absolute atomic E-state index is 13.1. The van der Waals surface area contributed by atoms with E-state index in [0.29, 0.717) is 29.5 Å². The number of nitrogens with zero attached hydrogens (tertiary/aromatic N) is 1. The fraction of sp³-hybridized carbons (Fsp3) is 0.217. The summed E-state index contributed by atoms with van der Waals surface area (Å²) in [7, 11) is 1.57. The predicted molar refractivity (Wildman–Crippen MR) is 123 cm³/mol. The Balaban J connectivity index is 1.61. The molecule has 0 bridgehead atoms. The van der Waals surface area contributed by atoms with Gasteiger partial charge in [-0.25, -0.2) is 0 Å².